The molecule has 1 aliphatic carbocycles. The fourth-order valence-corrected chi connectivity index (χ4v) is 3.21. The fraction of sp³-hybridized carbons (Fsp3) is 0.304. The van der Waals surface area contributed by atoms with Gasteiger partial charge in [0.15, 0.2) is 5.76 Å². The second-order valence-electron chi connectivity index (χ2n) is 7.51. The zero-order valence-corrected chi connectivity index (χ0v) is 16.0. The predicted molar refractivity (Wildman–Crippen MR) is 105 cm³/mol. The largest absolute Gasteiger partial charge is 0.356 e. The lowest BCUT2D eigenvalue weighted by atomic mass is 10.0. The second-order valence-corrected chi connectivity index (χ2v) is 7.51. The lowest BCUT2D eigenvalue weighted by molar-refractivity contribution is 0.0726. The Labute approximate surface area is 159 Å². The van der Waals surface area contributed by atoms with Gasteiger partial charge in [-0.1, -0.05) is 35.0 Å². The van der Waals surface area contributed by atoms with E-state index in [1.54, 1.807) is 0 Å². The van der Waals surface area contributed by atoms with Crippen molar-refractivity contribution < 1.29 is 9.32 Å². The number of aryl methyl sites for hydroxylation is 3. The summed E-state index contributed by atoms with van der Waals surface area (Å²) in [6, 6.07) is 16.2. The van der Waals surface area contributed by atoms with Crippen molar-refractivity contribution in [1.82, 2.24) is 10.1 Å². The lowest BCUT2D eigenvalue weighted by Gasteiger charge is -2.21. The van der Waals surface area contributed by atoms with Gasteiger partial charge >= 0.3 is 0 Å². The third-order valence-corrected chi connectivity index (χ3v) is 5.23. The number of rotatable bonds is 5. The Kier molecular flexibility index (Phi) is 4.56. The number of hydrogen-bond acceptors (Lipinski definition) is 3. The number of amides is 1. The van der Waals surface area contributed by atoms with E-state index in [0.717, 1.165) is 41.0 Å². The number of hydrogen-bond donors (Lipinski definition) is 0. The van der Waals surface area contributed by atoms with Gasteiger partial charge in [0.1, 0.15) is 5.69 Å². The smallest absolute Gasteiger partial charge is 0.254 e. The van der Waals surface area contributed by atoms with Crippen LogP contribution in [0.15, 0.2) is 53.1 Å². The summed E-state index contributed by atoms with van der Waals surface area (Å²) >= 11 is 0. The van der Waals surface area contributed by atoms with E-state index in [-0.39, 0.29) is 5.91 Å². The van der Waals surface area contributed by atoms with E-state index in [1.165, 1.54) is 11.1 Å². The molecule has 1 aromatic heterocycles. The van der Waals surface area contributed by atoms with Gasteiger partial charge in [0.2, 0.25) is 0 Å². The molecule has 1 aliphatic rings. The molecule has 1 amide bonds. The van der Waals surface area contributed by atoms with Crippen molar-refractivity contribution in [1.29, 1.82) is 0 Å². The third kappa shape index (κ3) is 3.80. The zero-order valence-electron chi connectivity index (χ0n) is 16.0. The Morgan fingerprint density at radius 3 is 2.44 bits per heavy atom. The molecule has 0 radical (unpaired) electrons. The van der Waals surface area contributed by atoms with Gasteiger partial charge in [-0.3, -0.25) is 4.79 Å². The van der Waals surface area contributed by atoms with Gasteiger partial charge in [-0.05, 0) is 62.9 Å². The SMILES string of the molecule is Cc1ccc(C(=O)N(Cc2cc(-c3ccc(C)c(C)c3)on2)C2CC2)cc1. The summed E-state index contributed by atoms with van der Waals surface area (Å²) < 4.78 is 5.56. The topological polar surface area (TPSA) is 46.3 Å². The van der Waals surface area contributed by atoms with Crippen LogP contribution in [0.2, 0.25) is 0 Å². The first-order valence-electron chi connectivity index (χ1n) is 9.42. The average molecular weight is 360 g/mol. The Balaban J connectivity index is 1.54. The van der Waals surface area contributed by atoms with Crippen molar-refractivity contribution in [3.63, 3.8) is 0 Å². The minimum atomic E-state index is 0.0632. The van der Waals surface area contributed by atoms with Crippen molar-refractivity contribution in [3.05, 3.63) is 76.5 Å². The van der Waals surface area contributed by atoms with Crippen LogP contribution in [0.25, 0.3) is 11.3 Å². The van der Waals surface area contributed by atoms with Gasteiger partial charge in [0.25, 0.3) is 5.91 Å². The summed E-state index contributed by atoms with van der Waals surface area (Å²) in [6.07, 6.45) is 2.11. The van der Waals surface area contributed by atoms with E-state index in [2.05, 4.69) is 31.1 Å². The molecule has 3 aromatic rings. The molecular formula is C23H24N2O2. The molecule has 1 saturated carbocycles. The van der Waals surface area contributed by atoms with E-state index in [9.17, 15) is 4.79 Å². The molecule has 0 spiro atoms. The van der Waals surface area contributed by atoms with Crippen LogP contribution < -0.4 is 0 Å². The van der Waals surface area contributed by atoms with Crippen molar-refractivity contribution >= 4 is 5.91 Å². The molecule has 2 aromatic carbocycles. The molecule has 0 saturated heterocycles. The van der Waals surface area contributed by atoms with E-state index < -0.39 is 0 Å². The molecule has 0 bridgehead atoms. The van der Waals surface area contributed by atoms with Crippen LogP contribution in [0, 0.1) is 20.8 Å². The van der Waals surface area contributed by atoms with E-state index >= 15 is 0 Å². The summed E-state index contributed by atoms with van der Waals surface area (Å²) in [5.41, 5.74) is 6.15. The van der Waals surface area contributed by atoms with Crippen LogP contribution in [-0.2, 0) is 6.54 Å². The maximum absolute atomic E-state index is 13.0. The monoisotopic (exact) mass is 360 g/mol. The Bertz CT molecular complexity index is 968. The highest BCUT2D eigenvalue weighted by Gasteiger charge is 2.33. The molecule has 4 rings (SSSR count). The Morgan fingerprint density at radius 1 is 1.04 bits per heavy atom. The van der Waals surface area contributed by atoms with Crippen molar-refractivity contribution in [2.75, 3.05) is 0 Å². The Morgan fingerprint density at radius 2 is 1.78 bits per heavy atom. The number of carbonyl (C=O) groups excluding carboxylic acids is 1. The van der Waals surface area contributed by atoms with Gasteiger partial charge in [-0.15, -0.1) is 0 Å². The van der Waals surface area contributed by atoms with Gasteiger partial charge in [0, 0.05) is 23.2 Å². The standard InChI is InChI=1S/C23H24N2O2/c1-15-4-7-18(8-5-15)23(26)25(21-10-11-21)14-20-13-22(27-24-20)19-9-6-16(2)17(3)12-19/h4-9,12-13,21H,10-11,14H2,1-3H3. The van der Waals surface area contributed by atoms with Crippen molar-refractivity contribution in [2.24, 2.45) is 0 Å². The molecule has 4 heteroatoms. The summed E-state index contributed by atoms with van der Waals surface area (Å²) in [5.74, 6) is 0.805. The van der Waals surface area contributed by atoms with Crippen LogP contribution in [0.3, 0.4) is 0 Å². The summed E-state index contributed by atoms with van der Waals surface area (Å²) in [7, 11) is 0. The normalized spacial score (nSPS) is 13.6. The zero-order chi connectivity index (χ0) is 19.0. The predicted octanol–water partition coefficient (Wildman–Crippen LogP) is 5.07. The number of nitrogens with zero attached hydrogens (tertiary/aromatic N) is 2. The minimum Gasteiger partial charge on any atom is -0.356 e. The molecule has 0 unspecified atom stereocenters. The van der Waals surface area contributed by atoms with E-state index in [0.29, 0.717) is 12.6 Å². The highest BCUT2D eigenvalue weighted by molar-refractivity contribution is 5.94. The van der Waals surface area contributed by atoms with E-state index in [1.807, 2.05) is 48.2 Å². The highest BCUT2D eigenvalue weighted by atomic mass is 16.5. The first kappa shape index (κ1) is 17.5. The van der Waals surface area contributed by atoms with Gasteiger partial charge in [0.05, 0.1) is 6.54 Å². The lowest BCUT2D eigenvalue weighted by Crippen LogP contribution is -2.32. The van der Waals surface area contributed by atoms with Crippen LogP contribution in [0.1, 0.15) is 45.6 Å². The molecule has 4 nitrogen and oxygen atoms in total. The molecule has 0 atom stereocenters. The van der Waals surface area contributed by atoms with E-state index in [4.69, 9.17) is 4.52 Å². The molecule has 0 aliphatic heterocycles. The maximum Gasteiger partial charge on any atom is 0.254 e. The first-order chi connectivity index (χ1) is 13.0. The molecule has 1 fully saturated rings. The van der Waals surface area contributed by atoms with Gasteiger partial charge in [-0.25, -0.2) is 0 Å². The number of benzene rings is 2. The van der Waals surface area contributed by atoms with Crippen molar-refractivity contribution in [2.45, 2.75) is 46.2 Å². The second kappa shape index (κ2) is 7.03. The maximum atomic E-state index is 13.0. The van der Waals surface area contributed by atoms with Crippen molar-refractivity contribution in [3.8, 4) is 11.3 Å². The van der Waals surface area contributed by atoms with Crippen LogP contribution in [0.5, 0.6) is 0 Å². The molecule has 1 heterocycles. The van der Waals surface area contributed by atoms with Crippen LogP contribution in [0.4, 0.5) is 0 Å². The summed E-state index contributed by atoms with van der Waals surface area (Å²) in [4.78, 5) is 14.9. The molecule has 138 valence electrons. The molecule has 27 heavy (non-hydrogen) atoms. The quantitative estimate of drug-likeness (QED) is 0.638. The minimum absolute atomic E-state index is 0.0632. The highest BCUT2D eigenvalue weighted by Crippen LogP contribution is 2.31. The first-order valence-corrected chi connectivity index (χ1v) is 9.42. The molecule has 0 N–H and O–H groups in total. The van der Waals surface area contributed by atoms with Crippen LogP contribution in [-0.4, -0.2) is 22.0 Å². The van der Waals surface area contributed by atoms with Crippen LogP contribution >= 0.6 is 0 Å². The third-order valence-electron chi connectivity index (χ3n) is 5.23. The summed E-state index contributed by atoms with van der Waals surface area (Å²) in [6.45, 7) is 6.68. The Hall–Kier alpha value is -2.88. The number of carbonyl (C=O) groups is 1. The summed E-state index contributed by atoms with van der Waals surface area (Å²) in [5, 5.41) is 4.22. The number of aromatic nitrogens is 1. The van der Waals surface area contributed by atoms with Gasteiger partial charge < -0.3 is 9.42 Å². The molecular weight excluding hydrogens is 336 g/mol. The van der Waals surface area contributed by atoms with Gasteiger partial charge in [-0.2, -0.15) is 0 Å². The average Bonchev–Trinajstić information content (AvgIpc) is 3.40. The fourth-order valence-electron chi connectivity index (χ4n) is 3.21.